The first-order valence-electron chi connectivity index (χ1n) is 4.76. The molecule has 0 bridgehead atoms. The summed E-state index contributed by atoms with van der Waals surface area (Å²) in [6.45, 7) is 2.18. The Bertz CT molecular complexity index is 258. The van der Waals surface area contributed by atoms with E-state index in [2.05, 4.69) is 16.6 Å². The molecule has 0 fully saturated rings. The van der Waals surface area contributed by atoms with Crippen molar-refractivity contribution < 1.29 is 14.7 Å². The minimum absolute atomic E-state index is 0.0474. The lowest BCUT2D eigenvalue weighted by molar-refractivity contribution is -0.137. The van der Waals surface area contributed by atoms with Crippen LogP contribution in [0.3, 0.4) is 0 Å². The van der Waals surface area contributed by atoms with E-state index < -0.39 is 5.97 Å². The number of amides is 2. The average Bonchev–Trinajstić information content (AvgIpc) is 2.15. The Kier molecular flexibility index (Phi) is 6.81. The number of terminal acetylenes is 1. The zero-order valence-corrected chi connectivity index (χ0v) is 8.75. The molecule has 0 radical (unpaired) electrons. The Morgan fingerprint density at radius 3 is 2.73 bits per heavy atom. The molecule has 1 atom stereocenters. The molecular weight excluding hydrogens is 196 g/mol. The quantitative estimate of drug-likeness (QED) is 0.444. The molecule has 3 N–H and O–H groups in total. The fourth-order valence-corrected chi connectivity index (χ4v) is 0.935. The molecule has 5 nitrogen and oxygen atoms in total. The van der Waals surface area contributed by atoms with E-state index in [0.29, 0.717) is 19.4 Å². The smallest absolute Gasteiger partial charge is 0.315 e. The van der Waals surface area contributed by atoms with Crippen LogP contribution in [-0.2, 0) is 4.79 Å². The van der Waals surface area contributed by atoms with E-state index in [1.807, 2.05) is 0 Å². The summed E-state index contributed by atoms with van der Waals surface area (Å²) in [5, 5.41) is 13.6. The fraction of sp³-hybridized carbons (Fsp3) is 0.600. The standard InChI is InChI=1S/C10H16N2O3/c1-3-4-7-11-10(15)12-8(2)5-6-9(13)14/h1,8H,4-7H2,2H3,(H,13,14)(H2,11,12,15). The Hall–Kier alpha value is -1.70. The van der Waals surface area contributed by atoms with Gasteiger partial charge >= 0.3 is 12.0 Å². The molecule has 2 amide bonds. The summed E-state index contributed by atoms with van der Waals surface area (Å²) in [6.07, 6.45) is 5.96. The second-order valence-electron chi connectivity index (χ2n) is 3.19. The average molecular weight is 212 g/mol. The van der Waals surface area contributed by atoms with Gasteiger partial charge in [-0.1, -0.05) is 0 Å². The third kappa shape index (κ3) is 8.63. The first-order chi connectivity index (χ1) is 7.06. The van der Waals surface area contributed by atoms with Crippen molar-refractivity contribution >= 4 is 12.0 Å². The normalized spacial score (nSPS) is 11.2. The summed E-state index contributed by atoms with van der Waals surface area (Å²) in [7, 11) is 0. The molecule has 0 aromatic heterocycles. The van der Waals surface area contributed by atoms with Crippen molar-refractivity contribution in [2.45, 2.75) is 32.2 Å². The van der Waals surface area contributed by atoms with E-state index in [1.54, 1.807) is 6.92 Å². The molecule has 0 aromatic carbocycles. The number of carbonyl (C=O) groups is 2. The fourth-order valence-electron chi connectivity index (χ4n) is 0.935. The molecular formula is C10H16N2O3. The minimum atomic E-state index is -0.864. The van der Waals surface area contributed by atoms with Crippen molar-refractivity contribution in [3.63, 3.8) is 0 Å². The van der Waals surface area contributed by atoms with Crippen molar-refractivity contribution in [2.75, 3.05) is 6.54 Å². The van der Waals surface area contributed by atoms with E-state index >= 15 is 0 Å². The number of hydrogen-bond donors (Lipinski definition) is 3. The summed E-state index contributed by atoms with van der Waals surface area (Å²) in [5.41, 5.74) is 0. The second kappa shape index (κ2) is 7.68. The van der Waals surface area contributed by atoms with Gasteiger partial charge in [-0.25, -0.2) is 4.79 Å². The van der Waals surface area contributed by atoms with Gasteiger partial charge in [-0.2, -0.15) is 0 Å². The molecule has 0 aliphatic rings. The number of carboxylic acids is 1. The SMILES string of the molecule is C#CCCNC(=O)NC(C)CCC(=O)O. The monoisotopic (exact) mass is 212 g/mol. The van der Waals surface area contributed by atoms with Gasteiger partial charge in [0.25, 0.3) is 0 Å². The summed E-state index contributed by atoms with van der Waals surface area (Å²) in [5.74, 6) is 1.53. The molecule has 0 saturated heterocycles. The van der Waals surface area contributed by atoms with Gasteiger partial charge < -0.3 is 15.7 Å². The zero-order chi connectivity index (χ0) is 11.7. The van der Waals surface area contributed by atoms with E-state index in [9.17, 15) is 9.59 Å². The van der Waals surface area contributed by atoms with Crippen LogP contribution >= 0.6 is 0 Å². The third-order valence-electron chi connectivity index (χ3n) is 1.72. The topological polar surface area (TPSA) is 78.4 Å². The number of rotatable bonds is 6. The Balaban J connectivity index is 3.58. The molecule has 0 aliphatic heterocycles. The molecule has 0 heterocycles. The molecule has 0 aromatic rings. The van der Waals surface area contributed by atoms with E-state index in [0.717, 1.165) is 0 Å². The lowest BCUT2D eigenvalue weighted by atomic mass is 10.2. The van der Waals surface area contributed by atoms with E-state index in [-0.39, 0.29) is 18.5 Å². The summed E-state index contributed by atoms with van der Waals surface area (Å²) >= 11 is 0. The van der Waals surface area contributed by atoms with Crippen molar-refractivity contribution in [1.82, 2.24) is 10.6 Å². The van der Waals surface area contributed by atoms with Gasteiger partial charge in [-0.15, -0.1) is 12.3 Å². The van der Waals surface area contributed by atoms with Crippen LogP contribution in [-0.4, -0.2) is 29.7 Å². The number of carbonyl (C=O) groups excluding carboxylic acids is 1. The van der Waals surface area contributed by atoms with Gasteiger partial charge in [0.2, 0.25) is 0 Å². The molecule has 0 rings (SSSR count). The molecule has 0 spiro atoms. The van der Waals surface area contributed by atoms with Crippen LogP contribution in [0, 0.1) is 12.3 Å². The van der Waals surface area contributed by atoms with Gasteiger partial charge in [-0.05, 0) is 13.3 Å². The lowest BCUT2D eigenvalue weighted by Gasteiger charge is -2.12. The van der Waals surface area contributed by atoms with Gasteiger partial charge in [-0.3, -0.25) is 4.79 Å². The summed E-state index contributed by atoms with van der Waals surface area (Å²) in [6, 6.07) is -0.477. The van der Waals surface area contributed by atoms with Gasteiger partial charge in [0.1, 0.15) is 0 Å². The van der Waals surface area contributed by atoms with Gasteiger partial charge in [0, 0.05) is 25.4 Å². The molecule has 84 valence electrons. The summed E-state index contributed by atoms with van der Waals surface area (Å²) < 4.78 is 0. The molecule has 15 heavy (non-hydrogen) atoms. The maximum atomic E-state index is 11.1. The number of hydrogen-bond acceptors (Lipinski definition) is 2. The first kappa shape index (κ1) is 13.3. The highest BCUT2D eigenvalue weighted by molar-refractivity contribution is 5.74. The zero-order valence-electron chi connectivity index (χ0n) is 8.75. The van der Waals surface area contributed by atoms with Gasteiger partial charge in [0.15, 0.2) is 0 Å². The third-order valence-corrected chi connectivity index (χ3v) is 1.72. The Morgan fingerprint density at radius 1 is 1.53 bits per heavy atom. The second-order valence-corrected chi connectivity index (χ2v) is 3.19. The van der Waals surface area contributed by atoms with Crippen molar-refractivity contribution in [2.24, 2.45) is 0 Å². The lowest BCUT2D eigenvalue weighted by Crippen LogP contribution is -2.41. The van der Waals surface area contributed by atoms with Crippen LogP contribution < -0.4 is 10.6 Å². The Labute approximate surface area is 89.2 Å². The molecule has 1 unspecified atom stereocenters. The number of aliphatic carboxylic acids is 1. The molecule has 0 saturated carbocycles. The van der Waals surface area contributed by atoms with Crippen LogP contribution in [0.4, 0.5) is 4.79 Å². The van der Waals surface area contributed by atoms with Crippen molar-refractivity contribution in [3.05, 3.63) is 0 Å². The van der Waals surface area contributed by atoms with Crippen LogP contribution in [0.2, 0.25) is 0 Å². The maximum absolute atomic E-state index is 11.1. The van der Waals surface area contributed by atoms with Gasteiger partial charge in [0.05, 0.1) is 0 Å². The predicted molar refractivity (Wildman–Crippen MR) is 56.3 cm³/mol. The Morgan fingerprint density at radius 2 is 2.20 bits per heavy atom. The summed E-state index contributed by atoms with van der Waals surface area (Å²) in [4.78, 5) is 21.4. The first-order valence-corrected chi connectivity index (χ1v) is 4.76. The predicted octanol–water partition coefficient (Wildman–Crippen LogP) is 0.562. The number of carboxylic acid groups (broad SMARTS) is 1. The largest absolute Gasteiger partial charge is 0.481 e. The van der Waals surface area contributed by atoms with Crippen LogP contribution in [0.15, 0.2) is 0 Å². The number of nitrogens with one attached hydrogen (secondary N) is 2. The van der Waals surface area contributed by atoms with Crippen LogP contribution in [0.5, 0.6) is 0 Å². The van der Waals surface area contributed by atoms with Crippen molar-refractivity contribution in [1.29, 1.82) is 0 Å². The van der Waals surface area contributed by atoms with Crippen molar-refractivity contribution in [3.8, 4) is 12.3 Å². The minimum Gasteiger partial charge on any atom is -0.481 e. The van der Waals surface area contributed by atoms with Crippen LogP contribution in [0.25, 0.3) is 0 Å². The number of urea groups is 1. The maximum Gasteiger partial charge on any atom is 0.315 e. The highest BCUT2D eigenvalue weighted by Gasteiger charge is 2.07. The van der Waals surface area contributed by atoms with E-state index in [1.165, 1.54) is 0 Å². The highest BCUT2D eigenvalue weighted by atomic mass is 16.4. The molecule has 5 heteroatoms. The van der Waals surface area contributed by atoms with E-state index in [4.69, 9.17) is 11.5 Å². The highest BCUT2D eigenvalue weighted by Crippen LogP contribution is 1.95. The van der Waals surface area contributed by atoms with Crippen LogP contribution in [0.1, 0.15) is 26.2 Å². The molecule has 0 aliphatic carbocycles.